The normalized spacial score (nSPS) is 13.2. The van der Waals surface area contributed by atoms with Crippen LogP contribution >= 0.6 is 0 Å². The highest BCUT2D eigenvalue weighted by Crippen LogP contribution is 2.32. The number of hydrogen-bond donors (Lipinski definition) is 3. The van der Waals surface area contributed by atoms with Gasteiger partial charge in [0.15, 0.2) is 0 Å². The topological polar surface area (TPSA) is 94.3 Å². The smallest absolute Gasteiger partial charge is 0.406 e. The van der Waals surface area contributed by atoms with E-state index in [9.17, 15) is 18.0 Å². The van der Waals surface area contributed by atoms with Gasteiger partial charge in [0.1, 0.15) is 18.9 Å². The van der Waals surface area contributed by atoms with Crippen LogP contribution in [0.5, 0.6) is 5.75 Å². The predicted octanol–water partition coefficient (Wildman–Crippen LogP) is 6.24. The van der Waals surface area contributed by atoms with Gasteiger partial charge in [-0.2, -0.15) is 18.4 Å². The number of nitrogens with one attached hydrogen (secondary N) is 3. The molecule has 1 amide bonds. The summed E-state index contributed by atoms with van der Waals surface area (Å²) in [5.74, 6) is 5.93. The molecule has 0 unspecified atom stereocenters. The van der Waals surface area contributed by atoms with Gasteiger partial charge in [-0.1, -0.05) is 31.2 Å². The second-order valence-electron chi connectivity index (χ2n) is 11.0. The van der Waals surface area contributed by atoms with Crippen molar-refractivity contribution in [3.05, 3.63) is 53.7 Å². The van der Waals surface area contributed by atoms with E-state index in [0.29, 0.717) is 33.9 Å². The minimum atomic E-state index is -4.41. The monoisotopic (exact) mass is 610 g/mol. The summed E-state index contributed by atoms with van der Waals surface area (Å²) < 4.78 is 47.5. The number of anilines is 2. The average Bonchev–Trinajstić information content (AvgIpc) is 3.32. The number of ether oxygens (including phenoxy) is 1. The highest BCUT2D eigenvalue weighted by atomic mass is 19.4. The second-order valence-corrected chi connectivity index (χ2v) is 11.0. The van der Waals surface area contributed by atoms with E-state index in [1.165, 1.54) is 18.0 Å². The predicted molar refractivity (Wildman–Crippen MR) is 169 cm³/mol. The lowest BCUT2D eigenvalue weighted by molar-refractivity contribution is -0.140. The van der Waals surface area contributed by atoms with Crippen LogP contribution < -0.4 is 20.7 Å². The fourth-order valence-corrected chi connectivity index (χ4v) is 4.88. The lowest BCUT2D eigenvalue weighted by atomic mass is 9.95. The summed E-state index contributed by atoms with van der Waals surface area (Å²) in [4.78, 5) is 14.0. The Balaban J connectivity index is 0.00000124. The molecule has 44 heavy (non-hydrogen) atoms. The van der Waals surface area contributed by atoms with Crippen LogP contribution in [-0.2, 0) is 6.54 Å². The zero-order valence-corrected chi connectivity index (χ0v) is 25.8. The molecule has 1 fully saturated rings. The molecule has 2 aromatic carbocycles. The Morgan fingerprint density at radius 3 is 2.48 bits per heavy atom. The van der Waals surface area contributed by atoms with E-state index in [1.54, 1.807) is 36.4 Å². The number of alkyl halides is 3. The highest BCUT2D eigenvalue weighted by molar-refractivity contribution is 5.95. The van der Waals surface area contributed by atoms with Crippen molar-refractivity contribution in [3.63, 3.8) is 0 Å². The Kier molecular flexibility index (Phi) is 12.8. The highest BCUT2D eigenvalue weighted by Gasteiger charge is 2.30. The largest absolute Gasteiger partial charge is 0.490 e. The van der Waals surface area contributed by atoms with Crippen LogP contribution in [-0.4, -0.2) is 68.9 Å². The average molecular weight is 611 g/mol. The number of carbonyl (C=O) groups excluding carboxylic acids is 1. The van der Waals surface area contributed by atoms with Crippen molar-refractivity contribution in [2.75, 3.05) is 52.0 Å². The van der Waals surface area contributed by atoms with E-state index in [4.69, 9.17) is 10.00 Å². The number of hydrogen-bond acceptors (Lipinski definition) is 6. The minimum Gasteiger partial charge on any atom is -0.490 e. The molecule has 4 rings (SSSR count). The molecule has 1 saturated carbocycles. The molecular weight excluding hydrogens is 569 g/mol. The number of fused-ring (bicyclic) bond motifs is 1. The molecule has 3 N–H and O–H groups in total. The number of rotatable bonds is 9. The maximum atomic E-state index is 13.5. The first-order chi connectivity index (χ1) is 21.0. The van der Waals surface area contributed by atoms with Gasteiger partial charge in [-0.3, -0.25) is 4.79 Å². The van der Waals surface area contributed by atoms with Gasteiger partial charge < -0.3 is 30.2 Å². The summed E-state index contributed by atoms with van der Waals surface area (Å²) in [7, 11) is 7.52. The summed E-state index contributed by atoms with van der Waals surface area (Å²) in [5, 5.41) is 18.7. The van der Waals surface area contributed by atoms with Gasteiger partial charge in [0.2, 0.25) is 0 Å². The molecule has 0 aliphatic heterocycles. The molecule has 236 valence electrons. The molecule has 1 heterocycles. The van der Waals surface area contributed by atoms with Crippen molar-refractivity contribution in [1.29, 1.82) is 5.26 Å². The molecule has 0 radical (unpaired) electrons. The molecule has 0 saturated heterocycles. The van der Waals surface area contributed by atoms with Crippen LogP contribution in [0.25, 0.3) is 10.9 Å². The number of nitriles is 1. The number of benzene rings is 2. The van der Waals surface area contributed by atoms with E-state index in [2.05, 4.69) is 27.8 Å². The van der Waals surface area contributed by atoms with Crippen LogP contribution in [0, 0.1) is 23.2 Å². The van der Waals surface area contributed by atoms with Gasteiger partial charge in [-0.05, 0) is 76.3 Å². The van der Waals surface area contributed by atoms with Crippen molar-refractivity contribution in [2.24, 2.45) is 0 Å². The molecule has 1 aliphatic carbocycles. The fourth-order valence-electron chi connectivity index (χ4n) is 4.88. The quantitative estimate of drug-likeness (QED) is 0.196. The molecule has 0 atom stereocenters. The minimum absolute atomic E-state index is 0.120. The standard InChI is InChI=1S/C30H32F3N5O2.C3H9N/c1-35-29(39)21-13-14-26(28(18-21)40-17-7-15-34)36-16-6-10-23-19-24-25(37-22-8-3-2-4-9-22)11-5-12-27(24)38(23)20-30(31,32)33;1-4(2)3/h5,11-14,18-19,22,36-37H,2-4,7-9,16-17,20H2,1H3,(H,35,39);1-3H3. The molecule has 0 bridgehead atoms. The first kappa shape index (κ1) is 34.1. The van der Waals surface area contributed by atoms with Crippen molar-refractivity contribution in [1.82, 2.24) is 14.8 Å². The van der Waals surface area contributed by atoms with Gasteiger partial charge >= 0.3 is 6.18 Å². The Bertz CT molecular complexity index is 1490. The van der Waals surface area contributed by atoms with Gasteiger partial charge in [-0.15, -0.1) is 0 Å². The van der Waals surface area contributed by atoms with Crippen LogP contribution in [0.3, 0.4) is 0 Å². The fraction of sp³-hybridized carbons (Fsp3) is 0.455. The number of carbonyl (C=O) groups is 1. The molecule has 3 aromatic rings. The van der Waals surface area contributed by atoms with E-state index in [1.807, 2.05) is 38.2 Å². The van der Waals surface area contributed by atoms with Crippen molar-refractivity contribution in [2.45, 2.75) is 57.3 Å². The van der Waals surface area contributed by atoms with E-state index in [-0.39, 0.29) is 31.2 Å². The third kappa shape index (κ3) is 10.4. The molecule has 1 aromatic heterocycles. The van der Waals surface area contributed by atoms with Gasteiger partial charge in [0.05, 0.1) is 35.9 Å². The van der Waals surface area contributed by atoms with E-state index < -0.39 is 12.7 Å². The zero-order chi connectivity index (χ0) is 32.1. The zero-order valence-electron chi connectivity index (χ0n) is 25.8. The number of aromatic nitrogens is 1. The first-order valence-electron chi connectivity index (χ1n) is 14.7. The van der Waals surface area contributed by atoms with Crippen molar-refractivity contribution < 1.29 is 22.7 Å². The Hall–Kier alpha value is -4.35. The Labute approximate surface area is 257 Å². The lowest BCUT2D eigenvalue weighted by Crippen LogP contribution is -2.22. The van der Waals surface area contributed by atoms with Crippen LogP contribution in [0.4, 0.5) is 24.5 Å². The molecular formula is C33H41F3N6O2. The summed E-state index contributed by atoms with van der Waals surface area (Å²) in [6.07, 6.45) is 1.36. The first-order valence-corrected chi connectivity index (χ1v) is 14.7. The maximum Gasteiger partial charge on any atom is 0.406 e. The summed E-state index contributed by atoms with van der Waals surface area (Å²) in [6, 6.07) is 14.2. The summed E-state index contributed by atoms with van der Waals surface area (Å²) in [6.45, 7) is -0.879. The Morgan fingerprint density at radius 1 is 1.09 bits per heavy atom. The van der Waals surface area contributed by atoms with Gasteiger partial charge in [0, 0.05) is 29.7 Å². The van der Waals surface area contributed by atoms with E-state index in [0.717, 1.165) is 31.4 Å². The summed E-state index contributed by atoms with van der Waals surface area (Å²) in [5.41, 5.74) is 2.51. The lowest BCUT2D eigenvalue weighted by Gasteiger charge is -2.24. The molecule has 8 nitrogen and oxygen atoms in total. The molecule has 11 heteroatoms. The Morgan fingerprint density at radius 2 is 1.82 bits per heavy atom. The van der Waals surface area contributed by atoms with Gasteiger partial charge in [-0.25, -0.2) is 0 Å². The summed E-state index contributed by atoms with van der Waals surface area (Å²) >= 11 is 0. The molecule has 0 spiro atoms. The number of amides is 1. The third-order valence-electron chi connectivity index (χ3n) is 6.77. The number of halogens is 3. The van der Waals surface area contributed by atoms with Crippen LogP contribution in [0.15, 0.2) is 42.5 Å². The second kappa shape index (κ2) is 16.5. The van der Waals surface area contributed by atoms with Crippen LogP contribution in [0.1, 0.15) is 54.6 Å². The van der Waals surface area contributed by atoms with Crippen molar-refractivity contribution in [3.8, 4) is 23.7 Å². The van der Waals surface area contributed by atoms with E-state index >= 15 is 0 Å². The maximum absolute atomic E-state index is 13.5. The third-order valence-corrected chi connectivity index (χ3v) is 6.77. The van der Waals surface area contributed by atoms with Crippen LogP contribution in [0.2, 0.25) is 0 Å². The number of nitrogens with zero attached hydrogens (tertiary/aromatic N) is 3. The van der Waals surface area contributed by atoms with Gasteiger partial charge in [0.25, 0.3) is 5.91 Å². The SMILES string of the molecule is CN(C)C.CNC(=O)c1ccc(NCC#Cc2cc3c(NC4CCCCC4)cccc3n2CC(F)(F)F)c(OCCC#N)c1. The molecule has 1 aliphatic rings. The van der Waals surface area contributed by atoms with Crippen molar-refractivity contribution >= 4 is 28.2 Å².